The molecule has 1 aromatic rings. The van der Waals surface area contributed by atoms with Crippen molar-refractivity contribution in [3.63, 3.8) is 0 Å². The Morgan fingerprint density at radius 2 is 2.38 bits per heavy atom. The number of rotatable bonds is 1. The van der Waals surface area contributed by atoms with Crippen LogP contribution in [-0.4, -0.2) is 17.8 Å². The maximum Gasteiger partial charge on any atom is 0.123 e. The molecule has 1 aliphatic rings. The fraction of sp³-hybridized carbons (Fsp3) is 0.400. The Morgan fingerprint density at radius 1 is 1.62 bits per heavy atom. The average Bonchev–Trinajstić information content (AvgIpc) is 2.46. The molecule has 2 rings (SSSR count). The van der Waals surface area contributed by atoms with Crippen LogP contribution in [0.15, 0.2) is 18.2 Å². The molecule has 0 aliphatic carbocycles. The van der Waals surface area contributed by atoms with E-state index in [0.29, 0.717) is 12.4 Å². The third-order valence-corrected chi connectivity index (χ3v) is 2.37. The molecule has 2 atom stereocenters. The van der Waals surface area contributed by atoms with Gasteiger partial charge in [-0.15, -0.1) is 0 Å². The molecule has 0 radical (unpaired) electrons. The van der Waals surface area contributed by atoms with Crippen LogP contribution in [0.4, 0.5) is 4.39 Å². The molecule has 13 heavy (non-hydrogen) atoms. The Hall–Kier alpha value is -1.09. The molecule has 0 bridgehead atoms. The van der Waals surface area contributed by atoms with Gasteiger partial charge in [0.25, 0.3) is 0 Å². The molecule has 1 aromatic carbocycles. The molecule has 0 amide bonds. The third kappa shape index (κ3) is 1.40. The van der Waals surface area contributed by atoms with Gasteiger partial charge in [-0.25, -0.2) is 4.39 Å². The number of hydrogen-bond acceptors (Lipinski definition) is 2. The number of aliphatic hydroxyl groups is 1. The summed E-state index contributed by atoms with van der Waals surface area (Å²) in [4.78, 5) is 0. The van der Waals surface area contributed by atoms with E-state index < -0.39 is 6.10 Å². The van der Waals surface area contributed by atoms with Crippen LogP contribution in [0.2, 0.25) is 0 Å². The summed E-state index contributed by atoms with van der Waals surface area (Å²) in [6.07, 6.45) is -0.497. The van der Waals surface area contributed by atoms with Crippen molar-refractivity contribution in [2.24, 2.45) is 0 Å². The second-order valence-electron chi connectivity index (χ2n) is 3.34. The van der Waals surface area contributed by atoms with E-state index in [0.717, 1.165) is 5.56 Å². The Balaban J connectivity index is 2.40. The number of aliphatic hydroxyl groups excluding tert-OH is 1. The molecule has 0 aromatic heterocycles. The summed E-state index contributed by atoms with van der Waals surface area (Å²) in [5.41, 5.74) is 0.773. The first-order valence-corrected chi connectivity index (χ1v) is 4.29. The molecule has 1 N–H and O–H groups in total. The van der Waals surface area contributed by atoms with Gasteiger partial charge in [-0.05, 0) is 25.1 Å². The normalized spacial score (nSPS) is 22.2. The minimum atomic E-state index is -0.497. The van der Waals surface area contributed by atoms with Gasteiger partial charge in [0, 0.05) is 11.5 Å². The van der Waals surface area contributed by atoms with Crippen molar-refractivity contribution >= 4 is 0 Å². The fourth-order valence-electron chi connectivity index (χ4n) is 1.61. The van der Waals surface area contributed by atoms with Gasteiger partial charge in [-0.3, -0.25) is 0 Å². The number of hydrogen-bond donors (Lipinski definition) is 1. The molecule has 2 nitrogen and oxygen atoms in total. The van der Waals surface area contributed by atoms with Gasteiger partial charge >= 0.3 is 0 Å². The Kier molecular flexibility index (Phi) is 1.96. The zero-order valence-electron chi connectivity index (χ0n) is 7.33. The summed E-state index contributed by atoms with van der Waals surface area (Å²) in [5, 5.41) is 9.39. The van der Waals surface area contributed by atoms with Gasteiger partial charge in [-0.2, -0.15) is 0 Å². The molecule has 1 aliphatic heterocycles. The van der Waals surface area contributed by atoms with Crippen LogP contribution in [-0.2, 0) is 0 Å². The largest absolute Gasteiger partial charge is 0.493 e. The van der Waals surface area contributed by atoms with Crippen LogP contribution in [0.25, 0.3) is 0 Å². The van der Waals surface area contributed by atoms with Crippen LogP contribution >= 0.6 is 0 Å². The topological polar surface area (TPSA) is 29.5 Å². The highest BCUT2D eigenvalue weighted by atomic mass is 19.1. The van der Waals surface area contributed by atoms with E-state index in [4.69, 9.17) is 4.74 Å². The number of halogens is 1. The van der Waals surface area contributed by atoms with Crippen molar-refractivity contribution in [1.82, 2.24) is 0 Å². The van der Waals surface area contributed by atoms with Crippen molar-refractivity contribution in [3.05, 3.63) is 29.6 Å². The Morgan fingerprint density at radius 3 is 3.08 bits per heavy atom. The molecule has 2 unspecified atom stereocenters. The highest BCUT2D eigenvalue weighted by Crippen LogP contribution is 2.35. The molecule has 1 heterocycles. The lowest BCUT2D eigenvalue weighted by Crippen LogP contribution is -2.15. The van der Waals surface area contributed by atoms with E-state index in [1.54, 1.807) is 13.0 Å². The van der Waals surface area contributed by atoms with E-state index >= 15 is 0 Å². The molecular weight excluding hydrogens is 171 g/mol. The van der Waals surface area contributed by atoms with Crippen LogP contribution in [0.3, 0.4) is 0 Å². The predicted molar refractivity (Wildman–Crippen MR) is 46.3 cm³/mol. The Labute approximate surface area is 76.0 Å². The third-order valence-electron chi connectivity index (χ3n) is 2.37. The van der Waals surface area contributed by atoms with Gasteiger partial charge in [0.1, 0.15) is 11.6 Å². The van der Waals surface area contributed by atoms with E-state index in [2.05, 4.69) is 0 Å². The van der Waals surface area contributed by atoms with Crippen LogP contribution in [0, 0.1) is 5.82 Å². The summed E-state index contributed by atoms with van der Waals surface area (Å²) in [5.74, 6) is 0.313. The number of fused-ring (bicyclic) bond motifs is 1. The number of ether oxygens (including phenoxy) is 1. The first-order chi connectivity index (χ1) is 6.18. The van der Waals surface area contributed by atoms with Crippen molar-refractivity contribution in [2.45, 2.75) is 18.9 Å². The van der Waals surface area contributed by atoms with Crippen molar-refractivity contribution in [3.8, 4) is 5.75 Å². The van der Waals surface area contributed by atoms with Crippen LogP contribution in [0.5, 0.6) is 5.75 Å². The zero-order valence-corrected chi connectivity index (χ0v) is 7.33. The average molecular weight is 182 g/mol. The fourth-order valence-corrected chi connectivity index (χ4v) is 1.61. The van der Waals surface area contributed by atoms with Crippen molar-refractivity contribution in [1.29, 1.82) is 0 Å². The lowest BCUT2D eigenvalue weighted by molar-refractivity contribution is 0.146. The first-order valence-electron chi connectivity index (χ1n) is 4.29. The van der Waals surface area contributed by atoms with E-state index in [9.17, 15) is 9.50 Å². The molecule has 0 spiro atoms. The van der Waals surface area contributed by atoms with Crippen LogP contribution in [0.1, 0.15) is 18.4 Å². The van der Waals surface area contributed by atoms with Gasteiger partial charge in [-0.1, -0.05) is 0 Å². The van der Waals surface area contributed by atoms with Gasteiger partial charge in [0.05, 0.1) is 12.7 Å². The summed E-state index contributed by atoms with van der Waals surface area (Å²) in [6, 6.07) is 4.40. The quantitative estimate of drug-likeness (QED) is 0.716. The van der Waals surface area contributed by atoms with Crippen molar-refractivity contribution < 1.29 is 14.2 Å². The molecule has 0 saturated heterocycles. The van der Waals surface area contributed by atoms with Gasteiger partial charge < -0.3 is 9.84 Å². The van der Waals surface area contributed by atoms with E-state index in [1.165, 1.54) is 12.1 Å². The molecule has 70 valence electrons. The summed E-state index contributed by atoms with van der Waals surface area (Å²) in [6.45, 7) is 2.13. The second kappa shape index (κ2) is 3.00. The minimum absolute atomic E-state index is 0.0919. The highest BCUT2D eigenvalue weighted by Gasteiger charge is 2.28. The summed E-state index contributed by atoms with van der Waals surface area (Å²) < 4.78 is 18.2. The standard InChI is InChI=1S/C10H11FO2/c1-6(12)9-5-13-10-3-2-7(11)4-8(9)10/h2-4,6,9,12H,5H2,1H3. The zero-order chi connectivity index (χ0) is 9.42. The molecule has 0 saturated carbocycles. The molecule has 0 fully saturated rings. The second-order valence-corrected chi connectivity index (χ2v) is 3.34. The van der Waals surface area contributed by atoms with Crippen LogP contribution < -0.4 is 4.74 Å². The lowest BCUT2D eigenvalue weighted by atomic mass is 9.96. The number of benzene rings is 1. The van der Waals surface area contributed by atoms with E-state index in [1.807, 2.05) is 0 Å². The maximum atomic E-state index is 12.9. The summed E-state index contributed by atoms with van der Waals surface area (Å²) >= 11 is 0. The highest BCUT2D eigenvalue weighted by molar-refractivity contribution is 5.40. The van der Waals surface area contributed by atoms with E-state index in [-0.39, 0.29) is 11.7 Å². The first kappa shape index (κ1) is 8.51. The Bertz CT molecular complexity index is 323. The van der Waals surface area contributed by atoms with Gasteiger partial charge in [0.15, 0.2) is 0 Å². The summed E-state index contributed by atoms with van der Waals surface area (Å²) in [7, 11) is 0. The smallest absolute Gasteiger partial charge is 0.123 e. The SMILES string of the molecule is CC(O)C1COc2ccc(F)cc21. The lowest BCUT2D eigenvalue weighted by Gasteiger charge is -2.11. The maximum absolute atomic E-state index is 12.9. The molecular formula is C10H11FO2. The minimum Gasteiger partial charge on any atom is -0.493 e. The van der Waals surface area contributed by atoms with Gasteiger partial charge in [0.2, 0.25) is 0 Å². The molecule has 3 heteroatoms. The van der Waals surface area contributed by atoms with Crippen molar-refractivity contribution in [2.75, 3.05) is 6.61 Å². The monoisotopic (exact) mass is 182 g/mol. The predicted octanol–water partition coefficient (Wildman–Crippen LogP) is 1.68.